The smallest absolute Gasteiger partial charge is 0.126 e. The van der Waals surface area contributed by atoms with Gasteiger partial charge in [-0.3, -0.25) is 0 Å². The lowest BCUT2D eigenvalue weighted by Crippen LogP contribution is -2.31. The Balaban J connectivity index is 2.77. The van der Waals surface area contributed by atoms with Crippen LogP contribution in [0.4, 0.5) is 4.39 Å². The number of halogens is 1. The minimum Gasteiger partial charge on any atom is -0.508 e. The van der Waals surface area contributed by atoms with Crippen LogP contribution in [0.25, 0.3) is 0 Å². The van der Waals surface area contributed by atoms with Gasteiger partial charge >= 0.3 is 0 Å². The summed E-state index contributed by atoms with van der Waals surface area (Å²) in [7, 11) is 0. The third-order valence-electron chi connectivity index (χ3n) is 2.27. The first-order valence-electron chi connectivity index (χ1n) is 4.90. The van der Waals surface area contributed by atoms with Crippen LogP contribution in [0, 0.1) is 5.82 Å². The molecule has 0 aliphatic carbocycles. The molecular formula is C11H16FNO2. The van der Waals surface area contributed by atoms with E-state index in [1.165, 1.54) is 12.1 Å². The van der Waals surface area contributed by atoms with E-state index in [1.54, 1.807) is 0 Å². The Hall–Kier alpha value is -1.13. The highest BCUT2D eigenvalue weighted by Gasteiger charge is 2.12. The van der Waals surface area contributed by atoms with Crippen molar-refractivity contribution in [3.8, 4) is 5.75 Å². The molecule has 3 N–H and O–H groups in total. The fourth-order valence-corrected chi connectivity index (χ4v) is 1.45. The van der Waals surface area contributed by atoms with Crippen molar-refractivity contribution < 1.29 is 14.6 Å². The highest BCUT2D eigenvalue weighted by molar-refractivity contribution is 5.34. The maximum atomic E-state index is 12.7. The molecule has 0 bridgehead atoms. The molecule has 1 rings (SSSR count). The first-order chi connectivity index (χ1) is 7.04. The van der Waals surface area contributed by atoms with Gasteiger partial charge < -0.3 is 15.5 Å². The predicted molar refractivity (Wildman–Crippen MR) is 56.2 cm³/mol. The molecule has 0 spiro atoms. The third kappa shape index (κ3) is 3.18. The van der Waals surface area contributed by atoms with Crippen molar-refractivity contribution in [2.24, 2.45) is 0 Å². The van der Waals surface area contributed by atoms with E-state index < -0.39 is 5.82 Å². The van der Waals surface area contributed by atoms with Crippen LogP contribution < -0.4 is 5.32 Å². The SMILES string of the molecule is CC(CO)NC(C)c1ccc(F)cc1O. The summed E-state index contributed by atoms with van der Waals surface area (Å²) >= 11 is 0. The zero-order valence-corrected chi connectivity index (χ0v) is 8.87. The standard InChI is InChI=1S/C11H16FNO2/c1-7(6-14)13-8(2)10-4-3-9(12)5-11(10)15/h3-5,7-8,13-15H,6H2,1-2H3. The van der Waals surface area contributed by atoms with Gasteiger partial charge in [0.05, 0.1) is 6.61 Å². The average Bonchev–Trinajstić information content (AvgIpc) is 2.17. The molecule has 0 aliphatic heterocycles. The van der Waals surface area contributed by atoms with Crippen LogP contribution in [0.1, 0.15) is 25.5 Å². The van der Waals surface area contributed by atoms with Crippen molar-refractivity contribution in [1.29, 1.82) is 0 Å². The zero-order chi connectivity index (χ0) is 11.4. The lowest BCUT2D eigenvalue weighted by Gasteiger charge is -2.19. The van der Waals surface area contributed by atoms with E-state index in [0.29, 0.717) is 5.56 Å². The number of hydrogen-bond acceptors (Lipinski definition) is 3. The van der Waals surface area contributed by atoms with Gasteiger partial charge in [-0.05, 0) is 19.9 Å². The highest BCUT2D eigenvalue weighted by Crippen LogP contribution is 2.24. The number of phenolic OH excluding ortho intramolecular Hbond substituents is 1. The molecule has 3 nitrogen and oxygen atoms in total. The number of benzene rings is 1. The molecule has 0 amide bonds. The number of nitrogens with one attached hydrogen (secondary N) is 1. The van der Waals surface area contributed by atoms with Crippen molar-refractivity contribution in [3.63, 3.8) is 0 Å². The Morgan fingerprint density at radius 1 is 1.40 bits per heavy atom. The van der Waals surface area contributed by atoms with Crippen LogP contribution in [0.2, 0.25) is 0 Å². The number of phenols is 1. The van der Waals surface area contributed by atoms with Crippen molar-refractivity contribution >= 4 is 0 Å². The van der Waals surface area contributed by atoms with E-state index in [-0.39, 0.29) is 24.4 Å². The van der Waals surface area contributed by atoms with Gasteiger partial charge in [-0.1, -0.05) is 6.07 Å². The van der Waals surface area contributed by atoms with Crippen LogP contribution in [0.3, 0.4) is 0 Å². The fraction of sp³-hybridized carbons (Fsp3) is 0.455. The van der Waals surface area contributed by atoms with Crippen molar-refractivity contribution in [2.75, 3.05) is 6.61 Å². The predicted octanol–water partition coefficient (Wildman–Crippen LogP) is 1.56. The summed E-state index contributed by atoms with van der Waals surface area (Å²) in [5, 5.41) is 21.4. The van der Waals surface area contributed by atoms with Crippen LogP contribution in [0.15, 0.2) is 18.2 Å². The maximum Gasteiger partial charge on any atom is 0.126 e. The van der Waals surface area contributed by atoms with E-state index in [0.717, 1.165) is 6.07 Å². The molecule has 84 valence electrons. The van der Waals surface area contributed by atoms with Gasteiger partial charge in [0.1, 0.15) is 11.6 Å². The summed E-state index contributed by atoms with van der Waals surface area (Å²) in [6.07, 6.45) is 0. The molecule has 0 saturated carbocycles. The molecule has 15 heavy (non-hydrogen) atoms. The van der Waals surface area contributed by atoms with E-state index >= 15 is 0 Å². The van der Waals surface area contributed by atoms with Gasteiger partial charge in [-0.25, -0.2) is 4.39 Å². The molecule has 0 fully saturated rings. The quantitative estimate of drug-likeness (QED) is 0.711. The molecule has 2 unspecified atom stereocenters. The van der Waals surface area contributed by atoms with Gasteiger partial charge in [0.2, 0.25) is 0 Å². The summed E-state index contributed by atoms with van der Waals surface area (Å²) in [5.74, 6) is -0.529. The molecular weight excluding hydrogens is 197 g/mol. The topological polar surface area (TPSA) is 52.5 Å². The second-order valence-electron chi connectivity index (χ2n) is 3.68. The molecule has 0 aliphatic rings. The molecule has 0 aromatic heterocycles. The van der Waals surface area contributed by atoms with E-state index in [4.69, 9.17) is 5.11 Å². The molecule has 0 heterocycles. The summed E-state index contributed by atoms with van der Waals surface area (Å²) in [6.45, 7) is 3.70. The second kappa shape index (κ2) is 5.09. The van der Waals surface area contributed by atoms with Crippen molar-refractivity contribution in [3.05, 3.63) is 29.6 Å². The van der Waals surface area contributed by atoms with Gasteiger partial charge in [0.15, 0.2) is 0 Å². The second-order valence-corrected chi connectivity index (χ2v) is 3.68. The van der Waals surface area contributed by atoms with Crippen LogP contribution >= 0.6 is 0 Å². The third-order valence-corrected chi connectivity index (χ3v) is 2.27. The lowest BCUT2D eigenvalue weighted by atomic mass is 10.1. The Morgan fingerprint density at radius 2 is 2.07 bits per heavy atom. The summed E-state index contributed by atoms with van der Waals surface area (Å²) < 4.78 is 12.7. The Bertz CT molecular complexity index is 330. The summed E-state index contributed by atoms with van der Waals surface area (Å²) in [4.78, 5) is 0. The Kier molecular flexibility index (Phi) is 4.05. The molecule has 0 radical (unpaired) electrons. The number of hydrogen-bond donors (Lipinski definition) is 3. The number of aliphatic hydroxyl groups is 1. The first-order valence-corrected chi connectivity index (χ1v) is 4.90. The van der Waals surface area contributed by atoms with Gasteiger partial charge in [-0.2, -0.15) is 0 Å². The van der Waals surface area contributed by atoms with Gasteiger partial charge in [-0.15, -0.1) is 0 Å². The van der Waals surface area contributed by atoms with Crippen LogP contribution in [-0.4, -0.2) is 22.9 Å². The normalized spacial score (nSPS) is 14.9. The molecule has 4 heteroatoms. The molecule has 0 saturated heterocycles. The fourth-order valence-electron chi connectivity index (χ4n) is 1.45. The van der Waals surface area contributed by atoms with E-state index in [2.05, 4.69) is 5.32 Å². The summed E-state index contributed by atoms with van der Waals surface area (Å²) in [6, 6.07) is 3.72. The number of rotatable bonds is 4. The maximum absolute atomic E-state index is 12.7. The van der Waals surface area contributed by atoms with Gasteiger partial charge in [0, 0.05) is 23.7 Å². The van der Waals surface area contributed by atoms with E-state index in [9.17, 15) is 9.50 Å². The largest absolute Gasteiger partial charge is 0.508 e. The lowest BCUT2D eigenvalue weighted by molar-refractivity contribution is 0.242. The molecule has 1 aromatic carbocycles. The monoisotopic (exact) mass is 213 g/mol. The van der Waals surface area contributed by atoms with Crippen molar-refractivity contribution in [1.82, 2.24) is 5.32 Å². The average molecular weight is 213 g/mol. The Morgan fingerprint density at radius 3 is 2.60 bits per heavy atom. The first kappa shape index (κ1) is 11.9. The Labute approximate surface area is 88.6 Å². The van der Waals surface area contributed by atoms with Crippen molar-refractivity contribution in [2.45, 2.75) is 25.9 Å². The minimum absolute atomic E-state index is 0.0201. The number of aliphatic hydroxyl groups excluding tert-OH is 1. The molecule has 2 atom stereocenters. The van der Waals surface area contributed by atoms with Crippen LogP contribution in [-0.2, 0) is 0 Å². The summed E-state index contributed by atoms with van der Waals surface area (Å²) in [5.41, 5.74) is 0.622. The molecule has 1 aromatic rings. The van der Waals surface area contributed by atoms with Gasteiger partial charge in [0.25, 0.3) is 0 Å². The minimum atomic E-state index is -0.460. The zero-order valence-electron chi connectivity index (χ0n) is 8.87. The highest BCUT2D eigenvalue weighted by atomic mass is 19.1. The number of aromatic hydroxyl groups is 1. The van der Waals surface area contributed by atoms with Crippen LogP contribution in [0.5, 0.6) is 5.75 Å². The van der Waals surface area contributed by atoms with E-state index in [1.807, 2.05) is 13.8 Å².